The van der Waals surface area contributed by atoms with E-state index in [4.69, 9.17) is 0 Å². The summed E-state index contributed by atoms with van der Waals surface area (Å²) in [5.74, 6) is -1.34. The molecule has 3 amide bonds. The summed E-state index contributed by atoms with van der Waals surface area (Å²) in [4.78, 5) is 42.1. The standard InChI is InChI=1S/C28H29N5O4/c1-17-3-8-23(25(34)30-17)33-26(35)21-7-6-20(14-22(21)27(33)36)28(37)9-11-32(12-10-28)16-18-4-5-19-15-29-31(2)24(19)13-18/h4-7,13-15,23,37H,1,3,8-12,16H2,2H3,(H,30,34). The number of hydrogen-bond acceptors (Lipinski definition) is 6. The number of imide groups is 1. The van der Waals surface area contributed by atoms with E-state index < -0.39 is 23.5 Å². The molecule has 2 saturated heterocycles. The summed E-state index contributed by atoms with van der Waals surface area (Å²) in [6, 6.07) is 10.5. The molecular weight excluding hydrogens is 470 g/mol. The molecule has 0 bridgehead atoms. The first kappa shape index (κ1) is 23.6. The number of likely N-dealkylation sites (tertiary alicyclic amines) is 1. The lowest BCUT2D eigenvalue weighted by Crippen LogP contribution is -2.51. The number of amides is 3. The minimum atomic E-state index is -1.09. The van der Waals surface area contributed by atoms with E-state index in [2.05, 4.69) is 40.1 Å². The summed E-state index contributed by atoms with van der Waals surface area (Å²) in [5.41, 5.74) is 2.94. The molecule has 3 aliphatic rings. The number of allylic oxidation sites excluding steroid dienone is 1. The highest BCUT2D eigenvalue weighted by atomic mass is 16.3. The fourth-order valence-corrected chi connectivity index (χ4v) is 5.76. The van der Waals surface area contributed by atoms with Crippen molar-refractivity contribution in [3.63, 3.8) is 0 Å². The molecule has 1 aromatic heterocycles. The summed E-state index contributed by atoms with van der Waals surface area (Å²) in [6.45, 7) is 5.93. The SMILES string of the molecule is C=C1CCC(N2C(=O)c3ccc(C4(O)CCN(Cc5ccc6cnn(C)c6c5)CC4)cc3C2=O)C(=O)N1. The highest BCUT2D eigenvalue weighted by molar-refractivity contribution is 6.23. The van der Waals surface area contributed by atoms with Crippen molar-refractivity contribution in [2.75, 3.05) is 13.1 Å². The average molecular weight is 500 g/mol. The molecule has 2 fully saturated rings. The molecule has 9 nitrogen and oxygen atoms in total. The van der Waals surface area contributed by atoms with Gasteiger partial charge in [0.25, 0.3) is 11.8 Å². The third-order valence-electron chi connectivity index (χ3n) is 7.99. The molecule has 9 heteroatoms. The number of nitrogens with zero attached hydrogens (tertiary/aromatic N) is 4. The van der Waals surface area contributed by atoms with Crippen LogP contribution in [0.4, 0.5) is 0 Å². The van der Waals surface area contributed by atoms with Crippen molar-refractivity contribution in [3.05, 3.63) is 77.1 Å². The van der Waals surface area contributed by atoms with Crippen LogP contribution in [-0.2, 0) is 24.0 Å². The third-order valence-corrected chi connectivity index (χ3v) is 7.99. The number of nitrogens with one attached hydrogen (secondary N) is 1. The predicted octanol–water partition coefficient (Wildman–Crippen LogP) is 2.45. The molecule has 2 N–H and O–H groups in total. The van der Waals surface area contributed by atoms with E-state index in [-0.39, 0.29) is 17.0 Å². The van der Waals surface area contributed by atoms with Gasteiger partial charge in [0, 0.05) is 37.8 Å². The first-order valence-corrected chi connectivity index (χ1v) is 12.6. The van der Waals surface area contributed by atoms with Gasteiger partial charge in [-0.05, 0) is 55.0 Å². The monoisotopic (exact) mass is 499 g/mol. The Morgan fingerprint density at radius 2 is 1.84 bits per heavy atom. The number of piperidine rings is 2. The number of carbonyl (C=O) groups excluding carboxylic acids is 3. The van der Waals surface area contributed by atoms with Crippen molar-refractivity contribution in [2.24, 2.45) is 7.05 Å². The second-order valence-electron chi connectivity index (χ2n) is 10.4. The van der Waals surface area contributed by atoms with Gasteiger partial charge in [-0.1, -0.05) is 24.8 Å². The lowest BCUT2D eigenvalue weighted by Gasteiger charge is -2.38. The number of carbonyl (C=O) groups is 3. The van der Waals surface area contributed by atoms with Gasteiger partial charge in [0.2, 0.25) is 5.91 Å². The Hall–Kier alpha value is -3.82. The van der Waals surface area contributed by atoms with Crippen LogP contribution >= 0.6 is 0 Å². The van der Waals surface area contributed by atoms with Crippen LogP contribution in [0, 0.1) is 0 Å². The quantitative estimate of drug-likeness (QED) is 0.534. The van der Waals surface area contributed by atoms with E-state index in [9.17, 15) is 19.5 Å². The van der Waals surface area contributed by atoms with Crippen LogP contribution in [-0.4, -0.2) is 61.5 Å². The zero-order valence-electron chi connectivity index (χ0n) is 20.7. The predicted molar refractivity (Wildman–Crippen MR) is 136 cm³/mol. The number of aromatic nitrogens is 2. The highest BCUT2D eigenvalue weighted by Gasteiger charge is 2.45. The Labute approximate surface area is 214 Å². The van der Waals surface area contributed by atoms with E-state index >= 15 is 0 Å². The van der Waals surface area contributed by atoms with E-state index in [1.54, 1.807) is 18.2 Å². The van der Waals surface area contributed by atoms with Gasteiger partial charge < -0.3 is 10.4 Å². The van der Waals surface area contributed by atoms with Crippen LogP contribution in [0.1, 0.15) is 57.5 Å². The minimum absolute atomic E-state index is 0.250. The number of fused-ring (bicyclic) bond motifs is 2. The second-order valence-corrected chi connectivity index (χ2v) is 10.4. The summed E-state index contributed by atoms with van der Waals surface area (Å²) in [5, 5.41) is 19.6. The van der Waals surface area contributed by atoms with Gasteiger partial charge >= 0.3 is 0 Å². The molecule has 4 heterocycles. The van der Waals surface area contributed by atoms with Crippen molar-refractivity contribution in [2.45, 2.75) is 43.9 Å². The molecule has 6 rings (SSSR count). The molecule has 3 aliphatic heterocycles. The maximum atomic E-state index is 13.2. The van der Waals surface area contributed by atoms with Gasteiger partial charge in [-0.15, -0.1) is 0 Å². The minimum Gasteiger partial charge on any atom is -0.385 e. The Morgan fingerprint density at radius 1 is 1.08 bits per heavy atom. The first-order chi connectivity index (χ1) is 17.7. The number of rotatable bonds is 4. The van der Waals surface area contributed by atoms with E-state index in [0.29, 0.717) is 50.0 Å². The van der Waals surface area contributed by atoms with E-state index in [1.165, 1.54) is 5.56 Å². The molecule has 0 aliphatic carbocycles. The third kappa shape index (κ3) is 3.95. The maximum absolute atomic E-state index is 13.2. The van der Waals surface area contributed by atoms with Gasteiger partial charge in [0.1, 0.15) is 6.04 Å². The van der Waals surface area contributed by atoms with Crippen molar-refractivity contribution < 1.29 is 19.5 Å². The van der Waals surface area contributed by atoms with Crippen LogP contribution in [0.5, 0.6) is 0 Å². The molecule has 2 aromatic carbocycles. The highest BCUT2D eigenvalue weighted by Crippen LogP contribution is 2.37. The lowest BCUT2D eigenvalue weighted by atomic mass is 9.83. The molecule has 190 valence electrons. The Bertz CT molecular complexity index is 1470. The van der Waals surface area contributed by atoms with Gasteiger partial charge in [-0.2, -0.15) is 5.10 Å². The fraction of sp³-hybridized carbons (Fsp3) is 0.357. The molecule has 1 unspecified atom stereocenters. The molecule has 0 saturated carbocycles. The molecular formula is C28H29N5O4. The van der Waals surface area contributed by atoms with E-state index in [0.717, 1.165) is 22.3 Å². The number of aryl methyl sites for hydroxylation is 1. The molecule has 37 heavy (non-hydrogen) atoms. The van der Waals surface area contributed by atoms with Crippen LogP contribution in [0.3, 0.4) is 0 Å². The molecule has 0 spiro atoms. The van der Waals surface area contributed by atoms with Crippen LogP contribution in [0.25, 0.3) is 10.9 Å². The summed E-state index contributed by atoms with van der Waals surface area (Å²) < 4.78 is 1.87. The van der Waals surface area contributed by atoms with Crippen molar-refractivity contribution >= 4 is 28.6 Å². The lowest BCUT2D eigenvalue weighted by molar-refractivity contribution is -0.125. The van der Waals surface area contributed by atoms with Crippen molar-refractivity contribution in [1.82, 2.24) is 24.9 Å². The molecule has 3 aromatic rings. The smallest absolute Gasteiger partial charge is 0.262 e. The molecule has 0 radical (unpaired) electrons. The Kier molecular flexibility index (Phi) is 5.50. The van der Waals surface area contributed by atoms with Gasteiger partial charge in [-0.25, -0.2) is 0 Å². The number of benzene rings is 2. The second kappa shape index (κ2) is 8.64. The zero-order valence-corrected chi connectivity index (χ0v) is 20.7. The Morgan fingerprint density at radius 3 is 2.59 bits per heavy atom. The van der Waals surface area contributed by atoms with Crippen LogP contribution < -0.4 is 5.32 Å². The summed E-state index contributed by atoms with van der Waals surface area (Å²) in [6.07, 6.45) is 3.75. The van der Waals surface area contributed by atoms with Crippen molar-refractivity contribution in [3.8, 4) is 0 Å². The molecule has 1 atom stereocenters. The largest absolute Gasteiger partial charge is 0.385 e. The summed E-state index contributed by atoms with van der Waals surface area (Å²) >= 11 is 0. The Balaban J connectivity index is 1.16. The number of hydrogen-bond donors (Lipinski definition) is 2. The topological polar surface area (TPSA) is 108 Å². The average Bonchev–Trinajstić information content (AvgIpc) is 3.37. The fourth-order valence-electron chi connectivity index (χ4n) is 5.76. The normalized spacial score (nSPS) is 22.0. The van der Waals surface area contributed by atoms with E-state index in [1.807, 2.05) is 17.9 Å². The summed E-state index contributed by atoms with van der Waals surface area (Å²) in [7, 11) is 1.93. The maximum Gasteiger partial charge on any atom is 0.262 e. The van der Waals surface area contributed by atoms with Crippen LogP contribution in [0.15, 0.2) is 54.9 Å². The van der Waals surface area contributed by atoms with Gasteiger partial charge in [0.05, 0.1) is 28.4 Å². The first-order valence-electron chi connectivity index (χ1n) is 12.6. The van der Waals surface area contributed by atoms with Crippen LogP contribution in [0.2, 0.25) is 0 Å². The van der Waals surface area contributed by atoms with Gasteiger partial charge in [0.15, 0.2) is 0 Å². The number of aliphatic hydroxyl groups is 1. The van der Waals surface area contributed by atoms with Gasteiger partial charge in [-0.3, -0.25) is 28.9 Å². The zero-order chi connectivity index (χ0) is 25.9. The van der Waals surface area contributed by atoms with Crippen molar-refractivity contribution in [1.29, 1.82) is 0 Å².